The molecule has 26 heavy (non-hydrogen) atoms. The molecule has 0 fully saturated rings. The van der Waals surface area contributed by atoms with Gasteiger partial charge in [0, 0.05) is 18.3 Å². The van der Waals surface area contributed by atoms with Gasteiger partial charge in [-0.05, 0) is 31.5 Å². The van der Waals surface area contributed by atoms with E-state index in [0.717, 1.165) is 10.2 Å². The third-order valence-electron chi connectivity index (χ3n) is 3.18. The average molecular weight is 360 g/mol. The molecule has 0 aliphatic rings. The Balaban J connectivity index is 1.80. The minimum atomic E-state index is -1.20. The zero-order chi connectivity index (χ0) is 19.1. The lowest BCUT2D eigenvalue weighted by Gasteiger charge is -2.10. The van der Waals surface area contributed by atoms with Crippen LogP contribution in [0.3, 0.4) is 0 Å². The van der Waals surface area contributed by atoms with E-state index >= 15 is 0 Å². The van der Waals surface area contributed by atoms with Crippen molar-refractivity contribution in [3.63, 3.8) is 0 Å². The zero-order valence-electron chi connectivity index (χ0n) is 14.4. The summed E-state index contributed by atoms with van der Waals surface area (Å²) in [7, 11) is 0. The van der Waals surface area contributed by atoms with E-state index in [1.54, 1.807) is 24.3 Å². The summed E-state index contributed by atoms with van der Waals surface area (Å²) in [5.41, 5.74) is 1.27. The number of amides is 3. The molecule has 1 aromatic carbocycles. The first-order chi connectivity index (χ1) is 12.3. The molecular formula is C16H20N6O4. The number of benzene rings is 1. The maximum atomic E-state index is 11.9. The lowest BCUT2D eigenvalue weighted by Crippen LogP contribution is -2.34. The monoisotopic (exact) mass is 360 g/mol. The van der Waals surface area contributed by atoms with Crippen LogP contribution in [-0.4, -0.2) is 44.0 Å². The van der Waals surface area contributed by atoms with E-state index in [-0.39, 0.29) is 36.8 Å². The summed E-state index contributed by atoms with van der Waals surface area (Å²) in [6.45, 7) is 3.90. The fourth-order valence-electron chi connectivity index (χ4n) is 2.01. The van der Waals surface area contributed by atoms with Crippen LogP contribution >= 0.6 is 0 Å². The normalized spacial score (nSPS) is 10.4. The Kier molecular flexibility index (Phi) is 6.25. The van der Waals surface area contributed by atoms with E-state index in [9.17, 15) is 14.4 Å². The lowest BCUT2D eigenvalue weighted by atomic mass is 10.2. The molecule has 2 rings (SSSR count). The number of hydrogen-bond donors (Lipinski definition) is 4. The second-order valence-electron chi connectivity index (χ2n) is 5.83. The minimum absolute atomic E-state index is 0.0426. The van der Waals surface area contributed by atoms with Gasteiger partial charge in [-0.2, -0.15) is 0 Å². The summed E-state index contributed by atoms with van der Waals surface area (Å²) in [6, 6.07) is 6.79. The Hall–Kier alpha value is -3.43. The van der Waals surface area contributed by atoms with Gasteiger partial charge in [0.1, 0.15) is 6.54 Å². The Morgan fingerprint density at radius 1 is 1.19 bits per heavy atom. The Labute approximate surface area is 149 Å². The number of carboxylic acid groups (broad SMARTS) is 1. The highest BCUT2D eigenvalue weighted by molar-refractivity contribution is 5.89. The quantitative estimate of drug-likeness (QED) is 0.577. The Morgan fingerprint density at radius 3 is 2.46 bits per heavy atom. The van der Waals surface area contributed by atoms with Crippen molar-refractivity contribution < 1.29 is 19.5 Å². The molecule has 0 aliphatic carbocycles. The summed E-state index contributed by atoms with van der Waals surface area (Å²) in [5, 5.41) is 23.9. The number of nitrogens with zero attached hydrogens (tertiary/aromatic N) is 3. The van der Waals surface area contributed by atoms with Crippen molar-refractivity contribution in [2.75, 3.05) is 5.32 Å². The number of nitrogens with one attached hydrogen (secondary N) is 3. The first-order valence-corrected chi connectivity index (χ1v) is 7.90. The van der Waals surface area contributed by atoms with Gasteiger partial charge >= 0.3 is 12.0 Å². The van der Waals surface area contributed by atoms with E-state index in [1.807, 2.05) is 13.8 Å². The predicted molar refractivity (Wildman–Crippen MR) is 92.6 cm³/mol. The molecular weight excluding hydrogens is 340 g/mol. The van der Waals surface area contributed by atoms with Crippen molar-refractivity contribution >= 4 is 23.6 Å². The SMILES string of the molecule is CC(C)NC(=O)Nc1ccc(CNC(=O)Cn2cc(C(=O)O)nn2)cc1. The topological polar surface area (TPSA) is 138 Å². The molecule has 138 valence electrons. The highest BCUT2D eigenvalue weighted by Gasteiger charge is 2.10. The van der Waals surface area contributed by atoms with E-state index < -0.39 is 5.97 Å². The number of urea groups is 1. The van der Waals surface area contributed by atoms with E-state index in [2.05, 4.69) is 26.3 Å². The van der Waals surface area contributed by atoms with Crippen LogP contribution in [0.25, 0.3) is 0 Å². The molecule has 4 N–H and O–H groups in total. The summed E-state index contributed by atoms with van der Waals surface area (Å²) in [6.07, 6.45) is 1.19. The van der Waals surface area contributed by atoms with Crippen molar-refractivity contribution in [2.24, 2.45) is 0 Å². The summed E-state index contributed by atoms with van der Waals surface area (Å²) in [4.78, 5) is 34.2. The second kappa shape index (κ2) is 8.60. The predicted octanol–water partition coefficient (Wildman–Crippen LogP) is 0.823. The maximum absolute atomic E-state index is 11.9. The van der Waals surface area contributed by atoms with E-state index in [4.69, 9.17) is 5.11 Å². The van der Waals surface area contributed by atoms with Crippen molar-refractivity contribution in [3.8, 4) is 0 Å². The Morgan fingerprint density at radius 2 is 1.88 bits per heavy atom. The molecule has 1 heterocycles. The number of aromatic carboxylic acids is 1. The molecule has 0 spiro atoms. The van der Waals surface area contributed by atoms with Crippen LogP contribution < -0.4 is 16.0 Å². The van der Waals surface area contributed by atoms with Gasteiger partial charge in [0.05, 0.1) is 6.20 Å². The molecule has 0 bridgehead atoms. The molecule has 0 radical (unpaired) electrons. The molecule has 0 atom stereocenters. The van der Waals surface area contributed by atoms with Crippen LogP contribution in [0.15, 0.2) is 30.5 Å². The molecule has 10 nitrogen and oxygen atoms in total. The number of hydrogen-bond acceptors (Lipinski definition) is 5. The van der Waals surface area contributed by atoms with Gasteiger partial charge in [-0.1, -0.05) is 17.3 Å². The van der Waals surface area contributed by atoms with Gasteiger partial charge in [-0.25, -0.2) is 14.3 Å². The molecule has 10 heteroatoms. The number of rotatable bonds is 7. The number of carbonyl (C=O) groups is 3. The van der Waals surface area contributed by atoms with Gasteiger partial charge in [0.25, 0.3) is 0 Å². The largest absolute Gasteiger partial charge is 0.476 e. The first-order valence-electron chi connectivity index (χ1n) is 7.90. The molecule has 0 saturated heterocycles. The van der Waals surface area contributed by atoms with Crippen LogP contribution in [-0.2, 0) is 17.9 Å². The van der Waals surface area contributed by atoms with Gasteiger partial charge in [0.15, 0.2) is 5.69 Å². The molecule has 3 amide bonds. The summed E-state index contributed by atoms with van der Waals surface area (Å²) in [5.74, 6) is -1.53. The number of carbonyl (C=O) groups excluding carboxylic acids is 2. The lowest BCUT2D eigenvalue weighted by molar-refractivity contribution is -0.122. The minimum Gasteiger partial charge on any atom is -0.476 e. The van der Waals surface area contributed by atoms with Crippen LogP contribution in [0, 0.1) is 0 Å². The van der Waals surface area contributed by atoms with Crippen molar-refractivity contribution in [1.29, 1.82) is 0 Å². The maximum Gasteiger partial charge on any atom is 0.358 e. The number of carboxylic acids is 1. The van der Waals surface area contributed by atoms with E-state index in [0.29, 0.717) is 5.69 Å². The average Bonchev–Trinajstić information content (AvgIpc) is 3.02. The van der Waals surface area contributed by atoms with Crippen molar-refractivity contribution in [2.45, 2.75) is 33.0 Å². The fraction of sp³-hybridized carbons (Fsp3) is 0.312. The molecule has 0 aliphatic heterocycles. The third-order valence-corrected chi connectivity index (χ3v) is 3.18. The van der Waals surface area contributed by atoms with Crippen LogP contribution in [0.2, 0.25) is 0 Å². The van der Waals surface area contributed by atoms with Crippen molar-refractivity contribution in [1.82, 2.24) is 25.6 Å². The zero-order valence-corrected chi connectivity index (χ0v) is 14.4. The summed E-state index contributed by atoms with van der Waals surface area (Å²) < 4.78 is 1.15. The molecule has 0 saturated carbocycles. The molecule has 1 aromatic heterocycles. The standard InChI is InChI=1S/C16H20N6O4/c1-10(2)18-16(26)19-12-5-3-11(4-6-12)7-17-14(23)9-22-8-13(15(24)25)20-21-22/h3-6,8,10H,7,9H2,1-2H3,(H,17,23)(H,24,25)(H2,18,19,26). The highest BCUT2D eigenvalue weighted by atomic mass is 16.4. The molecule has 0 unspecified atom stereocenters. The van der Waals surface area contributed by atoms with Gasteiger partial charge < -0.3 is 21.1 Å². The summed E-state index contributed by atoms with van der Waals surface area (Å²) >= 11 is 0. The van der Waals surface area contributed by atoms with E-state index in [1.165, 1.54) is 6.20 Å². The molecule has 2 aromatic rings. The number of aromatic nitrogens is 3. The smallest absolute Gasteiger partial charge is 0.358 e. The van der Waals surface area contributed by atoms with Gasteiger partial charge in [-0.3, -0.25) is 4.79 Å². The third kappa shape index (κ3) is 5.89. The first kappa shape index (κ1) is 18.9. The van der Waals surface area contributed by atoms with Crippen LogP contribution in [0.4, 0.5) is 10.5 Å². The number of anilines is 1. The fourth-order valence-corrected chi connectivity index (χ4v) is 2.01. The van der Waals surface area contributed by atoms with Crippen molar-refractivity contribution in [3.05, 3.63) is 41.7 Å². The van der Waals surface area contributed by atoms with Gasteiger partial charge in [0.2, 0.25) is 5.91 Å². The highest BCUT2D eigenvalue weighted by Crippen LogP contribution is 2.09. The van der Waals surface area contributed by atoms with Gasteiger partial charge in [-0.15, -0.1) is 5.10 Å². The second-order valence-corrected chi connectivity index (χ2v) is 5.83. The van der Waals surface area contributed by atoms with Crippen LogP contribution in [0.5, 0.6) is 0 Å². The van der Waals surface area contributed by atoms with Crippen LogP contribution in [0.1, 0.15) is 29.9 Å². The Bertz CT molecular complexity index is 784.